The topological polar surface area (TPSA) is 48.0 Å². The van der Waals surface area contributed by atoms with Gasteiger partial charge in [-0.05, 0) is 31.4 Å². The maximum atomic E-state index is 12.1. The standard InChI is InChI=1S/C16H19NO4/c1-19-13-10-15-14(20-11-21-15)9-12(13)5-6-16(18)17-7-3-2-4-8-17/h5-6,9-10H,2-4,7-8,11H2,1H3. The molecule has 0 radical (unpaired) electrons. The third kappa shape index (κ3) is 2.96. The Morgan fingerprint density at radius 2 is 1.90 bits per heavy atom. The molecule has 1 fully saturated rings. The molecule has 0 atom stereocenters. The van der Waals surface area contributed by atoms with Crippen LogP contribution in [0.3, 0.4) is 0 Å². The van der Waals surface area contributed by atoms with E-state index in [1.807, 2.05) is 11.0 Å². The fourth-order valence-electron chi connectivity index (χ4n) is 2.63. The van der Waals surface area contributed by atoms with Crippen LogP contribution in [0, 0.1) is 0 Å². The first-order chi connectivity index (χ1) is 10.3. The van der Waals surface area contributed by atoms with Crippen molar-refractivity contribution in [1.29, 1.82) is 0 Å². The van der Waals surface area contributed by atoms with Crippen molar-refractivity contribution >= 4 is 12.0 Å². The first-order valence-corrected chi connectivity index (χ1v) is 7.22. The number of methoxy groups -OCH3 is 1. The Bertz CT molecular complexity index is 562. The Morgan fingerprint density at radius 1 is 1.19 bits per heavy atom. The van der Waals surface area contributed by atoms with Crippen molar-refractivity contribution < 1.29 is 19.0 Å². The summed E-state index contributed by atoms with van der Waals surface area (Å²) in [5.74, 6) is 2.07. The van der Waals surface area contributed by atoms with Crippen LogP contribution in [0.25, 0.3) is 6.08 Å². The van der Waals surface area contributed by atoms with Crippen molar-refractivity contribution in [2.24, 2.45) is 0 Å². The molecule has 0 saturated carbocycles. The minimum absolute atomic E-state index is 0.0504. The summed E-state index contributed by atoms with van der Waals surface area (Å²) in [5.41, 5.74) is 0.812. The van der Waals surface area contributed by atoms with Crippen LogP contribution in [0.5, 0.6) is 17.2 Å². The Morgan fingerprint density at radius 3 is 2.62 bits per heavy atom. The number of likely N-dealkylation sites (tertiary alicyclic amines) is 1. The normalized spacial score (nSPS) is 17.3. The smallest absolute Gasteiger partial charge is 0.246 e. The van der Waals surface area contributed by atoms with E-state index in [1.165, 1.54) is 6.42 Å². The molecule has 0 spiro atoms. The Kier molecular flexibility index (Phi) is 3.99. The summed E-state index contributed by atoms with van der Waals surface area (Å²) in [6, 6.07) is 3.62. The summed E-state index contributed by atoms with van der Waals surface area (Å²) < 4.78 is 16.0. The summed E-state index contributed by atoms with van der Waals surface area (Å²) in [6.45, 7) is 1.92. The van der Waals surface area contributed by atoms with E-state index in [0.717, 1.165) is 31.5 Å². The van der Waals surface area contributed by atoms with Crippen LogP contribution in [0.1, 0.15) is 24.8 Å². The molecule has 0 bridgehead atoms. The first-order valence-electron chi connectivity index (χ1n) is 7.22. The number of carbonyl (C=O) groups is 1. The zero-order chi connectivity index (χ0) is 14.7. The molecule has 1 saturated heterocycles. The molecule has 2 aliphatic rings. The molecule has 112 valence electrons. The molecule has 3 rings (SSSR count). The van der Waals surface area contributed by atoms with E-state index in [0.29, 0.717) is 17.2 Å². The van der Waals surface area contributed by atoms with E-state index in [4.69, 9.17) is 14.2 Å². The van der Waals surface area contributed by atoms with Crippen molar-refractivity contribution in [3.05, 3.63) is 23.8 Å². The number of nitrogens with zero attached hydrogens (tertiary/aromatic N) is 1. The van der Waals surface area contributed by atoms with Gasteiger partial charge in [0.1, 0.15) is 5.75 Å². The molecule has 5 nitrogen and oxygen atoms in total. The van der Waals surface area contributed by atoms with Crippen molar-refractivity contribution in [2.45, 2.75) is 19.3 Å². The van der Waals surface area contributed by atoms with Crippen molar-refractivity contribution in [3.8, 4) is 17.2 Å². The SMILES string of the molecule is COc1cc2c(cc1C=CC(=O)N1CCCCC1)OCO2. The Hall–Kier alpha value is -2.17. The van der Waals surface area contributed by atoms with Gasteiger partial charge in [-0.25, -0.2) is 0 Å². The number of ether oxygens (including phenoxy) is 3. The number of hydrogen-bond acceptors (Lipinski definition) is 4. The van der Waals surface area contributed by atoms with E-state index in [9.17, 15) is 4.79 Å². The molecule has 2 aliphatic heterocycles. The van der Waals surface area contributed by atoms with E-state index in [-0.39, 0.29) is 12.7 Å². The van der Waals surface area contributed by atoms with Gasteiger partial charge in [-0.3, -0.25) is 4.79 Å². The maximum absolute atomic E-state index is 12.1. The van der Waals surface area contributed by atoms with Crippen LogP contribution in [-0.4, -0.2) is 37.8 Å². The van der Waals surface area contributed by atoms with Gasteiger partial charge in [0.05, 0.1) is 7.11 Å². The monoisotopic (exact) mass is 289 g/mol. The fourth-order valence-corrected chi connectivity index (χ4v) is 2.63. The summed E-state index contributed by atoms with van der Waals surface area (Å²) in [4.78, 5) is 14.0. The third-order valence-corrected chi connectivity index (χ3v) is 3.80. The average molecular weight is 289 g/mol. The van der Waals surface area contributed by atoms with E-state index in [2.05, 4.69) is 0 Å². The minimum atomic E-state index is 0.0504. The Labute approximate surface area is 124 Å². The molecule has 1 aromatic carbocycles. The molecule has 21 heavy (non-hydrogen) atoms. The highest BCUT2D eigenvalue weighted by Crippen LogP contribution is 2.38. The van der Waals surface area contributed by atoms with Gasteiger partial charge in [0.25, 0.3) is 0 Å². The molecule has 2 heterocycles. The highest BCUT2D eigenvalue weighted by atomic mass is 16.7. The van der Waals surface area contributed by atoms with Gasteiger partial charge in [-0.2, -0.15) is 0 Å². The lowest BCUT2D eigenvalue weighted by Crippen LogP contribution is -2.34. The number of piperidine rings is 1. The van der Waals surface area contributed by atoms with Crippen LogP contribution in [0.15, 0.2) is 18.2 Å². The highest BCUT2D eigenvalue weighted by Gasteiger charge is 2.18. The van der Waals surface area contributed by atoms with Crippen molar-refractivity contribution in [3.63, 3.8) is 0 Å². The largest absolute Gasteiger partial charge is 0.496 e. The quantitative estimate of drug-likeness (QED) is 0.802. The second-order valence-electron chi connectivity index (χ2n) is 5.17. The molecule has 5 heteroatoms. The van der Waals surface area contributed by atoms with E-state index in [1.54, 1.807) is 25.3 Å². The summed E-state index contributed by atoms with van der Waals surface area (Å²) in [6.07, 6.45) is 6.77. The molecule has 1 amide bonds. The second kappa shape index (κ2) is 6.08. The number of carbonyl (C=O) groups excluding carboxylic acids is 1. The molecule has 0 aliphatic carbocycles. The predicted octanol–water partition coefficient (Wildman–Crippen LogP) is 2.45. The summed E-state index contributed by atoms with van der Waals surface area (Å²) in [5, 5.41) is 0. The van der Waals surface area contributed by atoms with Gasteiger partial charge >= 0.3 is 0 Å². The second-order valence-corrected chi connectivity index (χ2v) is 5.17. The highest BCUT2D eigenvalue weighted by molar-refractivity contribution is 5.92. The average Bonchev–Trinajstić information content (AvgIpc) is 2.99. The van der Waals surface area contributed by atoms with Crippen LogP contribution >= 0.6 is 0 Å². The number of rotatable bonds is 3. The number of amides is 1. The van der Waals surface area contributed by atoms with Gasteiger partial charge in [-0.15, -0.1) is 0 Å². The van der Waals surface area contributed by atoms with Gasteiger partial charge in [0.15, 0.2) is 11.5 Å². The van der Waals surface area contributed by atoms with Crippen LogP contribution in [0.4, 0.5) is 0 Å². The van der Waals surface area contributed by atoms with E-state index < -0.39 is 0 Å². The van der Waals surface area contributed by atoms with Crippen LogP contribution < -0.4 is 14.2 Å². The number of fused-ring (bicyclic) bond motifs is 1. The predicted molar refractivity (Wildman–Crippen MR) is 78.6 cm³/mol. The van der Waals surface area contributed by atoms with Gasteiger partial charge in [0, 0.05) is 30.8 Å². The molecular formula is C16H19NO4. The fraction of sp³-hybridized carbons (Fsp3) is 0.438. The zero-order valence-corrected chi connectivity index (χ0v) is 12.1. The number of benzene rings is 1. The first kappa shape index (κ1) is 13.8. The molecular weight excluding hydrogens is 270 g/mol. The summed E-state index contributed by atoms with van der Waals surface area (Å²) in [7, 11) is 1.60. The lowest BCUT2D eigenvalue weighted by molar-refractivity contribution is -0.126. The van der Waals surface area contributed by atoms with Gasteiger partial charge in [0.2, 0.25) is 12.7 Å². The van der Waals surface area contributed by atoms with Crippen LogP contribution in [-0.2, 0) is 4.79 Å². The summed E-state index contributed by atoms with van der Waals surface area (Å²) >= 11 is 0. The Balaban J connectivity index is 1.77. The van der Waals surface area contributed by atoms with Crippen LogP contribution in [0.2, 0.25) is 0 Å². The lowest BCUT2D eigenvalue weighted by atomic mass is 10.1. The maximum Gasteiger partial charge on any atom is 0.246 e. The molecule has 0 unspecified atom stereocenters. The minimum Gasteiger partial charge on any atom is -0.496 e. The van der Waals surface area contributed by atoms with E-state index >= 15 is 0 Å². The lowest BCUT2D eigenvalue weighted by Gasteiger charge is -2.25. The van der Waals surface area contributed by atoms with Crippen molar-refractivity contribution in [2.75, 3.05) is 27.0 Å². The van der Waals surface area contributed by atoms with Gasteiger partial charge in [-0.1, -0.05) is 0 Å². The molecule has 1 aromatic rings. The molecule has 0 N–H and O–H groups in total. The third-order valence-electron chi connectivity index (χ3n) is 3.80. The number of hydrogen-bond donors (Lipinski definition) is 0. The van der Waals surface area contributed by atoms with Gasteiger partial charge < -0.3 is 19.1 Å². The molecule has 0 aromatic heterocycles. The zero-order valence-electron chi connectivity index (χ0n) is 12.1. The van der Waals surface area contributed by atoms with Crippen molar-refractivity contribution in [1.82, 2.24) is 4.90 Å².